The van der Waals surface area contributed by atoms with Crippen molar-refractivity contribution in [3.05, 3.63) is 58.4 Å². The summed E-state index contributed by atoms with van der Waals surface area (Å²) in [5.41, 5.74) is 5.84. The number of hydrogen-bond donors (Lipinski definition) is 0. The molecule has 2 aromatic rings. The van der Waals surface area contributed by atoms with Gasteiger partial charge in [0.1, 0.15) is 12.4 Å². The van der Waals surface area contributed by atoms with E-state index in [4.69, 9.17) is 4.74 Å². The predicted octanol–water partition coefficient (Wildman–Crippen LogP) is 4.71. The van der Waals surface area contributed by atoms with Gasteiger partial charge in [-0.05, 0) is 49.9 Å². The Morgan fingerprint density at radius 3 is 2.50 bits per heavy atom. The lowest BCUT2D eigenvalue weighted by Gasteiger charge is -2.15. The van der Waals surface area contributed by atoms with Gasteiger partial charge in [-0.2, -0.15) is 0 Å². The molecular formula is C18H23NO. The van der Waals surface area contributed by atoms with Gasteiger partial charge in [-0.25, -0.2) is 0 Å². The number of aromatic nitrogens is 1. The maximum Gasteiger partial charge on any atom is 0.141 e. The number of benzene rings is 1. The fourth-order valence-corrected chi connectivity index (χ4v) is 2.21. The quantitative estimate of drug-likeness (QED) is 0.802. The van der Waals surface area contributed by atoms with Gasteiger partial charge in [0.05, 0.1) is 5.69 Å². The number of hydrogen-bond acceptors (Lipinski definition) is 2. The van der Waals surface area contributed by atoms with Crippen LogP contribution in [-0.4, -0.2) is 4.98 Å². The Kier molecular flexibility index (Phi) is 4.43. The first-order chi connectivity index (χ1) is 9.47. The molecule has 1 aromatic carbocycles. The average molecular weight is 269 g/mol. The highest BCUT2D eigenvalue weighted by Crippen LogP contribution is 2.26. The zero-order valence-corrected chi connectivity index (χ0v) is 13.0. The summed E-state index contributed by atoms with van der Waals surface area (Å²) in [5, 5.41) is 0. The molecule has 0 saturated carbocycles. The van der Waals surface area contributed by atoms with Crippen LogP contribution in [0.5, 0.6) is 5.75 Å². The first kappa shape index (κ1) is 14.6. The molecular weight excluding hydrogens is 246 g/mol. The lowest BCUT2D eigenvalue weighted by molar-refractivity contribution is 0.299. The highest BCUT2D eigenvalue weighted by atomic mass is 16.5. The summed E-state index contributed by atoms with van der Waals surface area (Å²) in [6.45, 7) is 11.1. The van der Waals surface area contributed by atoms with Crippen molar-refractivity contribution >= 4 is 0 Å². The minimum absolute atomic E-state index is 0.364. The van der Waals surface area contributed by atoms with E-state index < -0.39 is 0 Å². The van der Waals surface area contributed by atoms with Crippen molar-refractivity contribution < 1.29 is 4.74 Å². The molecule has 1 heterocycles. The van der Waals surface area contributed by atoms with Crippen LogP contribution in [0.2, 0.25) is 0 Å². The summed E-state index contributed by atoms with van der Waals surface area (Å²) in [4.78, 5) is 4.60. The van der Waals surface area contributed by atoms with Crippen LogP contribution in [0.1, 0.15) is 47.8 Å². The highest BCUT2D eigenvalue weighted by Gasteiger charge is 2.10. The van der Waals surface area contributed by atoms with Crippen molar-refractivity contribution in [2.75, 3.05) is 0 Å². The Morgan fingerprint density at radius 1 is 1.05 bits per heavy atom. The molecule has 0 spiro atoms. The molecule has 1 aromatic heterocycles. The number of ether oxygens (including phenoxy) is 1. The van der Waals surface area contributed by atoms with Gasteiger partial charge >= 0.3 is 0 Å². The third kappa shape index (κ3) is 3.38. The minimum Gasteiger partial charge on any atom is -0.487 e. The van der Waals surface area contributed by atoms with Gasteiger partial charge < -0.3 is 4.74 Å². The van der Waals surface area contributed by atoms with E-state index >= 15 is 0 Å². The molecule has 2 rings (SSSR count). The number of nitrogens with zero attached hydrogens (tertiary/aromatic N) is 1. The molecule has 0 atom stereocenters. The van der Waals surface area contributed by atoms with E-state index in [1.807, 2.05) is 19.1 Å². The van der Waals surface area contributed by atoms with Crippen LogP contribution in [0.4, 0.5) is 0 Å². The first-order valence-corrected chi connectivity index (χ1v) is 7.14. The second-order valence-corrected chi connectivity index (χ2v) is 5.71. The van der Waals surface area contributed by atoms with Crippen LogP contribution in [0.3, 0.4) is 0 Å². The van der Waals surface area contributed by atoms with Gasteiger partial charge in [0, 0.05) is 5.69 Å². The lowest BCUT2D eigenvalue weighted by atomic mass is 10.1. The highest BCUT2D eigenvalue weighted by molar-refractivity contribution is 5.33. The first-order valence-electron chi connectivity index (χ1n) is 7.14. The Morgan fingerprint density at radius 2 is 1.80 bits per heavy atom. The maximum absolute atomic E-state index is 6.01. The molecule has 0 saturated heterocycles. The van der Waals surface area contributed by atoms with Crippen molar-refractivity contribution in [2.45, 2.75) is 47.1 Å². The molecule has 20 heavy (non-hydrogen) atoms. The summed E-state index contributed by atoms with van der Waals surface area (Å²) < 4.78 is 6.01. The minimum atomic E-state index is 0.364. The molecule has 0 aliphatic carbocycles. The monoisotopic (exact) mass is 269 g/mol. The summed E-state index contributed by atoms with van der Waals surface area (Å²) in [6, 6.07) is 10.5. The Bertz CT molecular complexity index is 602. The van der Waals surface area contributed by atoms with E-state index in [-0.39, 0.29) is 0 Å². The summed E-state index contributed by atoms with van der Waals surface area (Å²) >= 11 is 0. The standard InChI is InChI=1S/C18H23NO/c1-12(2)18-17(9-8-15(5)19-18)20-11-16-10-13(3)6-7-14(16)4/h6-10,12H,11H2,1-5H3. The molecule has 0 fully saturated rings. The van der Waals surface area contributed by atoms with Gasteiger partial charge in [-0.15, -0.1) is 0 Å². The normalized spacial score (nSPS) is 10.9. The third-order valence-corrected chi connectivity index (χ3v) is 3.46. The lowest BCUT2D eigenvalue weighted by Crippen LogP contribution is -2.04. The van der Waals surface area contributed by atoms with Gasteiger partial charge in [0.15, 0.2) is 0 Å². The van der Waals surface area contributed by atoms with E-state index in [9.17, 15) is 0 Å². The molecule has 106 valence electrons. The topological polar surface area (TPSA) is 22.1 Å². The second-order valence-electron chi connectivity index (χ2n) is 5.71. The Balaban J connectivity index is 2.20. The molecule has 0 aliphatic rings. The van der Waals surface area contributed by atoms with E-state index in [1.165, 1.54) is 16.7 Å². The Hall–Kier alpha value is -1.83. The molecule has 0 unspecified atom stereocenters. The van der Waals surface area contributed by atoms with Gasteiger partial charge in [0.2, 0.25) is 0 Å². The third-order valence-electron chi connectivity index (χ3n) is 3.46. The SMILES string of the molecule is Cc1ccc(C)c(COc2ccc(C)nc2C(C)C)c1. The van der Waals surface area contributed by atoms with Crippen LogP contribution >= 0.6 is 0 Å². The fraction of sp³-hybridized carbons (Fsp3) is 0.389. The van der Waals surface area contributed by atoms with E-state index in [0.717, 1.165) is 17.1 Å². The molecule has 0 radical (unpaired) electrons. The van der Waals surface area contributed by atoms with E-state index in [1.54, 1.807) is 0 Å². The van der Waals surface area contributed by atoms with Crippen molar-refractivity contribution in [2.24, 2.45) is 0 Å². The van der Waals surface area contributed by atoms with E-state index in [0.29, 0.717) is 12.5 Å². The fourth-order valence-electron chi connectivity index (χ4n) is 2.21. The maximum atomic E-state index is 6.01. The van der Waals surface area contributed by atoms with Crippen molar-refractivity contribution in [1.82, 2.24) is 4.98 Å². The van der Waals surface area contributed by atoms with Crippen LogP contribution in [-0.2, 0) is 6.61 Å². The number of aryl methyl sites for hydroxylation is 3. The summed E-state index contributed by atoms with van der Waals surface area (Å²) in [5.74, 6) is 1.26. The Labute approximate surface area is 121 Å². The van der Waals surface area contributed by atoms with E-state index in [2.05, 4.69) is 50.9 Å². The summed E-state index contributed by atoms with van der Waals surface area (Å²) in [6.07, 6.45) is 0. The second kappa shape index (κ2) is 6.08. The van der Waals surface area contributed by atoms with Crippen LogP contribution < -0.4 is 4.74 Å². The average Bonchev–Trinajstić information content (AvgIpc) is 2.40. The number of pyridine rings is 1. The van der Waals surface area contributed by atoms with Crippen LogP contribution in [0.15, 0.2) is 30.3 Å². The van der Waals surface area contributed by atoms with Gasteiger partial charge in [-0.1, -0.05) is 37.6 Å². The van der Waals surface area contributed by atoms with Crippen molar-refractivity contribution in [3.63, 3.8) is 0 Å². The molecule has 0 amide bonds. The zero-order valence-electron chi connectivity index (χ0n) is 13.0. The van der Waals surface area contributed by atoms with Crippen LogP contribution in [0, 0.1) is 20.8 Å². The predicted molar refractivity (Wildman–Crippen MR) is 83.3 cm³/mol. The molecule has 0 N–H and O–H groups in total. The van der Waals surface area contributed by atoms with Gasteiger partial charge in [0.25, 0.3) is 0 Å². The zero-order chi connectivity index (χ0) is 14.7. The molecule has 2 heteroatoms. The largest absolute Gasteiger partial charge is 0.487 e. The number of rotatable bonds is 4. The molecule has 0 aliphatic heterocycles. The molecule has 2 nitrogen and oxygen atoms in total. The molecule has 0 bridgehead atoms. The summed E-state index contributed by atoms with van der Waals surface area (Å²) in [7, 11) is 0. The van der Waals surface area contributed by atoms with Crippen molar-refractivity contribution in [3.8, 4) is 5.75 Å². The van der Waals surface area contributed by atoms with Crippen LogP contribution in [0.25, 0.3) is 0 Å². The van der Waals surface area contributed by atoms with Gasteiger partial charge in [-0.3, -0.25) is 4.98 Å². The van der Waals surface area contributed by atoms with Crippen molar-refractivity contribution in [1.29, 1.82) is 0 Å². The smallest absolute Gasteiger partial charge is 0.141 e.